The molecule has 2 rings (SSSR count). The van der Waals surface area contributed by atoms with E-state index in [1.165, 1.54) is 0 Å². The lowest BCUT2D eigenvalue weighted by Crippen LogP contribution is -2.07. The number of anilines is 1. The maximum atomic E-state index is 13.1. The van der Waals surface area contributed by atoms with Crippen molar-refractivity contribution in [2.45, 2.75) is 13.8 Å². The molecule has 0 atom stereocenters. The van der Waals surface area contributed by atoms with Gasteiger partial charge in [-0.3, -0.25) is 4.79 Å². The van der Waals surface area contributed by atoms with Crippen LogP contribution in [0.15, 0.2) is 22.6 Å². The van der Waals surface area contributed by atoms with Crippen LogP contribution in [-0.2, 0) is 0 Å². The summed E-state index contributed by atoms with van der Waals surface area (Å²) in [6, 6.07) is 3.14. The van der Waals surface area contributed by atoms with Gasteiger partial charge in [-0.25, -0.2) is 8.78 Å². The molecule has 3 nitrogen and oxygen atoms in total. The van der Waals surface area contributed by atoms with E-state index < -0.39 is 17.4 Å². The van der Waals surface area contributed by atoms with E-state index in [2.05, 4.69) is 0 Å². The summed E-state index contributed by atoms with van der Waals surface area (Å²) in [5.41, 5.74) is 5.65. The van der Waals surface area contributed by atoms with E-state index in [4.69, 9.17) is 10.2 Å². The molecule has 1 heterocycles. The Hall–Kier alpha value is -2.17. The molecule has 18 heavy (non-hydrogen) atoms. The average Bonchev–Trinajstić information content (AvgIpc) is 2.62. The van der Waals surface area contributed by atoms with Crippen molar-refractivity contribution >= 4 is 11.5 Å². The Kier molecular flexibility index (Phi) is 2.90. The molecule has 0 radical (unpaired) electrons. The predicted molar refractivity (Wildman–Crippen MR) is 62.4 cm³/mol. The highest BCUT2D eigenvalue weighted by molar-refractivity contribution is 6.12. The molecule has 1 aromatic heterocycles. The topological polar surface area (TPSA) is 56.2 Å². The van der Waals surface area contributed by atoms with Crippen molar-refractivity contribution in [3.63, 3.8) is 0 Å². The Balaban J connectivity index is 2.53. The minimum atomic E-state index is -1.11. The predicted octanol–water partition coefficient (Wildman–Crippen LogP) is 2.99. The second-order valence-electron chi connectivity index (χ2n) is 4.01. The first kappa shape index (κ1) is 12.3. The number of nitrogen functional groups attached to an aromatic ring is 1. The summed E-state index contributed by atoms with van der Waals surface area (Å²) < 4.78 is 31.3. The number of rotatable bonds is 2. The highest BCUT2D eigenvalue weighted by Gasteiger charge is 2.19. The summed E-state index contributed by atoms with van der Waals surface area (Å²) in [7, 11) is 0. The zero-order chi connectivity index (χ0) is 13.4. The third-order valence-electron chi connectivity index (χ3n) is 2.62. The van der Waals surface area contributed by atoms with Crippen LogP contribution >= 0.6 is 0 Å². The van der Waals surface area contributed by atoms with Crippen LogP contribution in [0.1, 0.15) is 27.4 Å². The van der Waals surface area contributed by atoms with Crippen LogP contribution in [0, 0.1) is 25.5 Å². The van der Waals surface area contributed by atoms with E-state index in [0.29, 0.717) is 17.1 Å². The molecule has 0 saturated heterocycles. The highest BCUT2D eigenvalue weighted by atomic mass is 19.2. The zero-order valence-electron chi connectivity index (χ0n) is 9.88. The van der Waals surface area contributed by atoms with Gasteiger partial charge in [0.05, 0.1) is 5.56 Å². The second-order valence-corrected chi connectivity index (χ2v) is 4.01. The maximum absolute atomic E-state index is 13.1. The van der Waals surface area contributed by atoms with Gasteiger partial charge in [-0.2, -0.15) is 0 Å². The van der Waals surface area contributed by atoms with Gasteiger partial charge in [0.15, 0.2) is 17.4 Å². The van der Waals surface area contributed by atoms with Crippen LogP contribution in [0.3, 0.4) is 0 Å². The second kappa shape index (κ2) is 4.25. The van der Waals surface area contributed by atoms with Crippen LogP contribution in [0.5, 0.6) is 0 Å². The summed E-state index contributed by atoms with van der Waals surface area (Å²) in [6.45, 7) is 3.31. The first-order valence-corrected chi connectivity index (χ1v) is 5.26. The Morgan fingerprint density at radius 1 is 1.11 bits per heavy atom. The molecule has 0 aliphatic rings. The van der Waals surface area contributed by atoms with Crippen molar-refractivity contribution in [3.05, 3.63) is 52.5 Å². The lowest BCUT2D eigenvalue weighted by atomic mass is 10.0. The quantitative estimate of drug-likeness (QED) is 0.659. The minimum absolute atomic E-state index is 0.0715. The van der Waals surface area contributed by atoms with Gasteiger partial charge in [0.1, 0.15) is 11.5 Å². The molecular weight excluding hydrogens is 240 g/mol. The molecule has 0 saturated carbocycles. The van der Waals surface area contributed by atoms with Crippen LogP contribution in [0.2, 0.25) is 0 Å². The number of halogens is 2. The van der Waals surface area contributed by atoms with Gasteiger partial charge < -0.3 is 10.2 Å². The van der Waals surface area contributed by atoms with Crippen LogP contribution < -0.4 is 5.73 Å². The first-order chi connectivity index (χ1) is 8.40. The minimum Gasteiger partial charge on any atom is -0.466 e. The van der Waals surface area contributed by atoms with Gasteiger partial charge in [-0.05, 0) is 26.0 Å². The molecule has 2 aromatic rings. The average molecular weight is 251 g/mol. The summed E-state index contributed by atoms with van der Waals surface area (Å²) in [6.07, 6.45) is 0. The van der Waals surface area contributed by atoms with E-state index in [0.717, 1.165) is 12.1 Å². The fourth-order valence-corrected chi connectivity index (χ4v) is 1.76. The molecule has 2 N–H and O–H groups in total. The molecule has 0 spiro atoms. The van der Waals surface area contributed by atoms with E-state index in [9.17, 15) is 13.6 Å². The van der Waals surface area contributed by atoms with Gasteiger partial charge in [-0.1, -0.05) is 0 Å². The van der Waals surface area contributed by atoms with Crippen molar-refractivity contribution in [2.75, 3.05) is 5.73 Å². The maximum Gasteiger partial charge on any atom is 0.198 e. The van der Waals surface area contributed by atoms with Crippen molar-refractivity contribution in [2.24, 2.45) is 0 Å². The summed E-state index contributed by atoms with van der Waals surface area (Å²) in [5.74, 6) is -1.69. The van der Waals surface area contributed by atoms with E-state index in [1.54, 1.807) is 19.9 Å². The molecule has 0 amide bonds. The standard InChI is InChI=1S/C13H11F2NO2/c1-6-3-8(7(2)18-6)13(17)9-4-10(14)11(15)5-12(9)16/h3-5H,16H2,1-2H3. The first-order valence-electron chi connectivity index (χ1n) is 5.26. The number of furan rings is 1. The van der Waals surface area contributed by atoms with Gasteiger partial charge >= 0.3 is 0 Å². The fraction of sp³-hybridized carbons (Fsp3) is 0.154. The van der Waals surface area contributed by atoms with Gasteiger partial charge in [-0.15, -0.1) is 0 Å². The third kappa shape index (κ3) is 1.99. The fourth-order valence-electron chi connectivity index (χ4n) is 1.76. The number of nitrogens with two attached hydrogens (primary N) is 1. The smallest absolute Gasteiger partial charge is 0.198 e. The van der Waals surface area contributed by atoms with Gasteiger partial charge in [0, 0.05) is 17.3 Å². The molecule has 1 aromatic carbocycles. The molecular formula is C13H11F2NO2. The number of ketones is 1. The number of carbonyl (C=O) groups excluding carboxylic acids is 1. The lowest BCUT2D eigenvalue weighted by Gasteiger charge is -2.04. The number of aryl methyl sites for hydroxylation is 2. The molecule has 94 valence electrons. The van der Waals surface area contributed by atoms with Gasteiger partial charge in [0.2, 0.25) is 0 Å². The number of carbonyl (C=O) groups is 1. The lowest BCUT2D eigenvalue weighted by molar-refractivity contribution is 0.103. The monoisotopic (exact) mass is 251 g/mol. The van der Waals surface area contributed by atoms with Crippen LogP contribution in [0.4, 0.5) is 14.5 Å². The van der Waals surface area contributed by atoms with Crippen molar-refractivity contribution < 1.29 is 18.0 Å². The SMILES string of the molecule is Cc1cc(C(=O)c2cc(F)c(F)cc2N)c(C)o1. The highest BCUT2D eigenvalue weighted by Crippen LogP contribution is 2.23. The number of hydrogen-bond donors (Lipinski definition) is 1. The molecule has 0 unspecified atom stereocenters. The number of benzene rings is 1. The third-order valence-corrected chi connectivity index (χ3v) is 2.62. The summed E-state index contributed by atoms with van der Waals surface area (Å²) >= 11 is 0. The van der Waals surface area contributed by atoms with Crippen LogP contribution in [0.25, 0.3) is 0 Å². The van der Waals surface area contributed by atoms with Crippen molar-refractivity contribution in [3.8, 4) is 0 Å². The molecule has 5 heteroatoms. The van der Waals surface area contributed by atoms with E-state index >= 15 is 0 Å². The Bertz CT molecular complexity index is 632. The van der Waals surface area contributed by atoms with Crippen molar-refractivity contribution in [1.29, 1.82) is 0 Å². The molecule has 0 bridgehead atoms. The van der Waals surface area contributed by atoms with Crippen molar-refractivity contribution in [1.82, 2.24) is 0 Å². The zero-order valence-corrected chi connectivity index (χ0v) is 9.88. The molecule has 0 fully saturated rings. The number of hydrogen-bond acceptors (Lipinski definition) is 3. The molecule has 0 aliphatic heterocycles. The molecule has 0 aliphatic carbocycles. The van der Waals surface area contributed by atoms with E-state index in [-0.39, 0.29) is 11.3 Å². The summed E-state index contributed by atoms with van der Waals surface area (Å²) in [4.78, 5) is 12.1. The Labute approximate surface area is 102 Å². The van der Waals surface area contributed by atoms with Gasteiger partial charge in [0.25, 0.3) is 0 Å². The summed E-state index contributed by atoms with van der Waals surface area (Å²) in [5, 5.41) is 0. The van der Waals surface area contributed by atoms with Crippen LogP contribution in [-0.4, -0.2) is 5.78 Å². The Morgan fingerprint density at radius 3 is 2.28 bits per heavy atom. The van der Waals surface area contributed by atoms with E-state index in [1.807, 2.05) is 0 Å². The normalized spacial score (nSPS) is 10.7. The Morgan fingerprint density at radius 2 is 1.72 bits per heavy atom. The largest absolute Gasteiger partial charge is 0.466 e.